The zero-order chi connectivity index (χ0) is 8.85. The molecule has 5 nitrogen and oxygen atoms in total. The molecule has 64 valence electrons. The van der Waals surface area contributed by atoms with Crippen molar-refractivity contribution < 1.29 is 24.9 Å². The molecule has 0 radical (unpaired) electrons. The molecule has 0 aliphatic rings. The Balaban J connectivity index is 3.77. The lowest BCUT2D eigenvalue weighted by atomic mass is 10.1. The molecule has 0 aliphatic heterocycles. The summed E-state index contributed by atoms with van der Waals surface area (Å²) in [6.07, 6.45) is -3.21. The summed E-state index contributed by atoms with van der Waals surface area (Å²) >= 11 is 0. The largest absolute Gasteiger partial charge is 0.394 e. The SMILES string of the molecule is O=C[C@H](O)C(=O)C[C@H](O)CO. The summed E-state index contributed by atoms with van der Waals surface area (Å²) in [5, 5.41) is 25.5. The lowest BCUT2D eigenvalue weighted by molar-refractivity contribution is -0.134. The molecule has 0 saturated heterocycles. The van der Waals surface area contributed by atoms with Crippen LogP contribution >= 0.6 is 0 Å². The van der Waals surface area contributed by atoms with Gasteiger partial charge < -0.3 is 15.3 Å². The highest BCUT2D eigenvalue weighted by Crippen LogP contribution is 1.94. The van der Waals surface area contributed by atoms with Crippen molar-refractivity contribution in [2.45, 2.75) is 18.6 Å². The van der Waals surface area contributed by atoms with Crippen molar-refractivity contribution in [3.63, 3.8) is 0 Å². The highest BCUT2D eigenvalue weighted by Gasteiger charge is 2.17. The van der Waals surface area contributed by atoms with E-state index in [9.17, 15) is 9.59 Å². The second kappa shape index (κ2) is 4.95. The van der Waals surface area contributed by atoms with Crippen molar-refractivity contribution in [2.24, 2.45) is 0 Å². The third-order valence-electron chi connectivity index (χ3n) is 1.11. The van der Waals surface area contributed by atoms with E-state index in [2.05, 4.69) is 0 Å². The standard InChI is InChI=1S/C6H10O5/c7-2-4(9)1-5(10)6(11)3-8/h3-4,6-7,9,11H,1-2H2/t4-,6-/m0/s1. The van der Waals surface area contributed by atoms with Gasteiger partial charge in [0.25, 0.3) is 0 Å². The molecular weight excluding hydrogens is 152 g/mol. The Morgan fingerprint density at radius 1 is 1.45 bits per heavy atom. The van der Waals surface area contributed by atoms with E-state index >= 15 is 0 Å². The van der Waals surface area contributed by atoms with Crippen molar-refractivity contribution in [1.29, 1.82) is 0 Å². The van der Waals surface area contributed by atoms with Crippen molar-refractivity contribution in [1.82, 2.24) is 0 Å². The van der Waals surface area contributed by atoms with Gasteiger partial charge >= 0.3 is 0 Å². The minimum atomic E-state index is -1.68. The first-order chi connectivity index (χ1) is 5.11. The second-order valence-electron chi connectivity index (χ2n) is 2.09. The first-order valence-corrected chi connectivity index (χ1v) is 3.06. The molecule has 0 spiro atoms. The van der Waals surface area contributed by atoms with Crippen LogP contribution in [-0.2, 0) is 9.59 Å². The van der Waals surface area contributed by atoms with Crippen LogP contribution in [0.5, 0.6) is 0 Å². The Kier molecular flexibility index (Phi) is 4.60. The highest BCUT2D eigenvalue weighted by molar-refractivity contribution is 5.95. The Bertz CT molecular complexity index is 144. The number of hydrogen-bond donors (Lipinski definition) is 3. The number of rotatable bonds is 5. The smallest absolute Gasteiger partial charge is 0.171 e. The maximum Gasteiger partial charge on any atom is 0.171 e. The van der Waals surface area contributed by atoms with Gasteiger partial charge in [-0.3, -0.25) is 9.59 Å². The molecular formula is C6H10O5. The molecule has 3 N–H and O–H groups in total. The van der Waals surface area contributed by atoms with Crippen molar-refractivity contribution in [3.05, 3.63) is 0 Å². The van der Waals surface area contributed by atoms with Gasteiger partial charge in [-0.15, -0.1) is 0 Å². The number of Topliss-reactive ketones (excluding diaryl/α,β-unsaturated/α-hetero) is 1. The van der Waals surface area contributed by atoms with Gasteiger partial charge in [0.15, 0.2) is 18.2 Å². The van der Waals surface area contributed by atoms with Crippen LogP contribution in [0.1, 0.15) is 6.42 Å². The van der Waals surface area contributed by atoms with E-state index < -0.39 is 31.0 Å². The Labute approximate surface area is 63.3 Å². The van der Waals surface area contributed by atoms with Crippen LogP contribution in [0.4, 0.5) is 0 Å². The first kappa shape index (κ1) is 10.2. The maximum atomic E-state index is 10.6. The van der Waals surface area contributed by atoms with Crippen LogP contribution in [0.15, 0.2) is 0 Å². The van der Waals surface area contributed by atoms with Crippen LogP contribution in [0.2, 0.25) is 0 Å². The van der Waals surface area contributed by atoms with Gasteiger partial charge in [0.05, 0.1) is 12.7 Å². The Morgan fingerprint density at radius 2 is 2.00 bits per heavy atom. The molecule has 2 atom stereocenters. The Morgan fingerprint density at radius 3 is 2.36 bits per heavy atom. The minimum absolute atomic E-state index is 0.0758. The number of aliphatic hydroxyl groups is 3. The molecule has 5 heteroatoms. The molecule has 11 heavy (non-hydrogen) atoms. The quantitative estimate of drug-likeness (QED) is 0.317. The molecule has 0 fully saturated rings. The minimum Gasteiger partial charge on any atom is -0.394 e. The molecule has 0 heterocycles. The summed E-state index contributed by atoms with van der Waals surface area (Å²) in [6, 6.07) is 0. The number of hydrogen-bond acceptors (Lipinski definition) is 5. The summed E-state index contributed by atoms with van der Waals surface area (Å²) in [5.41, 5.74) is 0. The third-order valence-corrected chi connectivity index (χ3v) is 1.11. The number of carbonyl (C=O) groups is 2. The average molecular weight is 162 g/mol. The van der Waals surface area contributed by atoms with Crippen molar-refractivity contribution >= 4 is 12.1 Å². The summed E-state index contributed by atoms with van der Waals surface area (Å²) in [6.45, 7) is -0.558. The normalized spacial score (nSPS) is 15.5. The van der Waals surface area contributed by atoms with E-state index in [1.54, 1.807) is 0 Å². The predicted molar refractivity (Wildman–Crippen MR) is 34.8 cm³/mol. The fourth-order valence-corrected chi connectivity index (χ4v) is 0.493. The van der Waals surface area contributed by atoms with E-state index in [-0.39, 0.29) is 6.29 Å². The predicted octanol–water partition coefficient (Wildman–Crippen LogP) is -2.14. The Hall–Kier alpha value is -0.780. The van der Waals surface area contributed by atoms with Crippen LogP contribution in [0, 0.1) is 0 Å². The van der Waals surface area contributed by atoms with Crippen LogP contribution in [0.3, 0.4) is 0 Å². The number of aliphatic hydroxyl groups excluding tert-OH is 3. The first-order valence-electron chi connectivity index (χ1n) is 3.06. The van der Waals surface area contributed by atoms with E-state index in [1.165, 1.54) is 0 Å². The monoisotopic (exact) mass is 162 g/mol. The lowest BCUT2D eigenvalue weighted by Crippen LogP contribution is -2.27. The molecule has 0 amide bonds. The van der Waals surface area contributed by atoms with Gasteiger partial charge in [-0.05, 0) is 0 Å². The number of aldehydes is 1. The van der Waals surface area contributed by atoms with Gasteiger partial charge in [-0.2, -0.15) is 0 Å². The van der Waals surface area contributed by atoms with Gasteiger partial charge in [-0.1, -0.05) is 0 Å². The van der Waals surface area contributed by atoms with E-state index in [0.717, 1.165) is 0 Å². The van der Waals surface area contributed by atoms with Crippen molar-refractivity contribution in [3.8, 4) is 0 Å². The summed E-state index contributed by atoms with van der Waals surface area (Å²) in [7, 11) is 0. The van der Waals surface area contributed by atoms with E-state index in [4.69, 9.17) is 15.3 Å². The zero-order valence-electron chi connectivity index (χ0n) is 5.80. The topological polar surface area (TPSA) is 94.8 Å². The van der Waals surface area contributed by atoms with Gasteiger partial charge in [0.2, 0.25) is 0 Å². The summed E-state index contributed by atoms with van der Waals surface area (Å²) < 4.78 is 0. The van der Waals surface area contributed by atoms with Gasteiger partial charge in [0, 0.05) is 6.42 Å². The van der Waals surface area contributed by atoms with Crippen LogP contribution in [-0.4, -0.2) is 46.2 Å². The van der Waals surface area contributed by atoms with E-state index in [0.29, 0.717) is 0 Å². The molecule has 0 rings (SSSR count). The maximum absolute atomic E-state index is 10.6. The zero-order valence-corrected chi connectivity index (χ0v) is 5.80. The number of carbonyl (C=O) groups excluding carboxylic acids is 2. The summed E-state index contributed by atoms with van der Waals surface area (Å²) in [4.78, 5) is 20.4. The fraction of sp³-hybridized carbons (Fsp3) is 0.667. The molecule has 0 aromatic carbocycles. The van der Waals surface area contributed by atoms with Gasteiger partial charge in [-0.25, -0.2) is 0 Å². The molecule has 0 aromatic rings. The molecule has 0 aliphatic carbocycles. The lowest BCUT2D eigenvalue weighted by Gasteiger charge is -2.05. The van der Waals surface area contributed by atoms with E-state index in [1.807, 2.05) is 0 Å². The second-order valence-corrected chi connectivity index (χ2v) is 2.09. The van der Waals surface area contributed by atoms with Crippen molar-refractivity contribution in [2.75, 3.05) is 6.61 Å². The molecule has 0 saturated carbocycles. The third kappa shape index (κ3) is 3.82. The molecule has 0 unspecified atom stereocenters. The molecule has 0 aromatic heterocycles. The van der Waals surface area contributed by atoms with Gasteiger partial charge in [0.1, 0.15) is 0 Å². The van der Waals surface area contributed by atoms with Crippen LogP contribution < -0.4 is 0 Å². The average Bonchev–Trinajstić information content (AvgIpc) is 2.02. The summed E-state index contributed by atoms with van der Waals surface area (Å²) in [5.74, 6) is -0.790. The highest BCUT2D eigenvalue weighted by atomic mass is 16.3. The molecule has 0 bridgehead atoms. The van der Waals surface area contributed by atoms with Crippen LogP contribution in [0.25, 0.3) is 0 Å². The number of ketones is 1. The fourth-order valence-electron chi connectivity index (χ4n) is 0.493.